The monoisotopic (exact) mass is 263 g/mol. The second-order valence-electron chi connectivity index (χ2n) is 4.41. The van der Waals surface area contributed by atoms with Crippen LogP contribution in [0.5, 0.6) is 0 Å². The van der Waals surface area contributed by atoms with E-state index in [1.54, 1.807) is 0 Å². The molecule has 0 rings (SSSR count). The number of carbonyl (C=O) groups excluding carboxylic acids is 1. The largest absolute Gasteiger partial charge is 0.471 e. The van der Waals surface area contributed by atoms with Crippen LogP contribution in [-0.4, -0.2) is 18.6 Å². The van der Waals surface area contributed by atoms with Crippen molar-refractivity contribution in [3.8, 4) is 0 Å². The maximum Gasteiger partial charge on any atom is 0.471 e. The molecule has 0 radical (unpaired) electrons. The smallest absolute Gasteiger partial charge is 0.348 e. The topological polar surface area (TPSA) is 29.1 Å². The van der Waals surface area contributed by atoms with Crippen LogP contribution in [0.3, 0.4) is 0 Å². The first kappa shape index (κ1) is 16.7. The lowest BCUT2D eigenvalue weighted by atomic mass is 10.1. The summed E-state index contributed by atoms with van der Waals surface area (Å²) in [6, 6.07) is 0. The fraction of sp³-hybridized carbons (Fsp3) is 0.615. The number of rotatable bonds is 6. The van der Waals surface area contributed by atoms with Crippen molar-refractivity contribution in [1.29, 1.82) is 0 Å². The van der Waals surface area contributed by atoms with Gasteiger partial charge in [0.1, 0.15) is 0 Å². The molecule has 0 aromatic carbocycles. The predicted molar refractivity (Wildman–Crippen MR) is 66.1 cm³/mol. The van der Waals surface area contributed by atoms with Crippen LogP contribution in [-0.2, 0) is 4.79 Å². The zero-order valence-electron chi connectivity index (χ0n) is 11.0. The molecule has 0 unspecified atom stereocenters. The van der Waals surface area contributed by atoms with Gasteiger partial charge in [-0.2, -0.15) is 13.2 Å². The van der Waals surface area contributed by atoms with Gasteiger partial charge in [-0.3, -0.25) is 4.79 Å². The Balaban J connectivity index is 3.82. The Kier molecular flexibility index (Phi) is 7.39. The van der Waals surface area contributed by atoms with Gasteiger partial charge in [0.05, 0.1) is 0 Å². The summed E-state index contributed by atoms with van der Waals surface area (Å²) in [5.74, 6) is -1.88. The standard InChI is InChI=1S/C13H20F3NO/c1-10(2)6-4-7-11(3)8-5-9-17-12(18)13(14,15)16/h6,8H,4-5,7,9H2,1-3H3,(H,17,18)/b11-8+. The molecule has 0 bridgehead atoms. The van der Waals surface area contributed by atoms with Crippen LogP contribution in [0, 0.1) is 0 Å². The Morgan fingerprint density at radius 3 is 2.22 bits per heavy atom. The summed E-state index contributed by atoms with van der Waals surface area (Å²) < 4.78 is 35.5. The van der Waals surface area contributed by atoms with Crippen LogP contribution in [0.1, 0.15) is 40.0 Å². The van der Waals surface area contributed by atoms with Gasteiger partial charge in [0.2, 0.25) is 0 Å². The molecule has 0 spiro atoms. The summed E-state index contributed by atoms with van der Waals surface area (Å²) >= 11 is 0. The summed E-state index contributed by atoms with van der Waals surface area (Å²) in [6.45, 7) is 5.99. The molecule has 0 heterocycles. The maximum atomic E-state index is 11.8. The van der Waals surface area contributed by atoms with E-state index in [1.807, 2.05) is 32.2 Å². The minimum absolute atomic E-state index is 0.0122. The van der Waals surface area contributed by atoms with Crippen LogP contribution < -0.4 is 5.32 Å². The summed E-state index contributed by atoms with van der Waals surface area (Å²) in [4.78, 5) is 10.5. The molecule has 0 aromatic heterocycles. The lowest BCUT2D eigenvalue weighted by Crippen LogP contribution is -2.37. The Morgan fingerprint density at radius 2 is 1.72 bits per heavy atom. The third kappa shape index (κ3) is 8.84. The second-order valence-corrected chi connectivity index (χ2v) is 4.41. The number of allylic oxidation sites excluding steroid dienone is 3. The van der Waals surface area contributed by atoms with Gasteiger partial charge in [-0.15, -0.1) is 0 Å². The summed E-state index contributed by atoms with van der Waals surface area (Å²) in [5, 5.41) is 1.83. The van der Waals surface area contributed by atoms with Crippen LogP contribution in [0.15, 0.2) is 23.3 Å². The Morgan fingerprint density at radius 1 is 1.11 bits per heavy atom. The number of hydrogen-bond acceptors (Lipinski definition) is 1. The van der Waals surface area contributed by atoms with Crippen molar-refractivity contribution in [2.24, 2.45) is 0 Å². The van der Waals surface area contributed by atoms with E-state index in [9.17, 15) is 18.0 Å². The molecule has 104 valence electrons. The van der Waals surface area contributed by atoms with Gasteiger partial charge in [0, 0.05) is 6.54 Å². The summed E-state index contributed by atoms with van der Waals surface area (Å²) in [5.41, 5.74) is 2.37. The van der Waals surface area contributed by atoms with Gasteiger partial charge >= 0.3 is 12.1 Å². The van der Waals surface area contributed by atoms with Crippen molar-refractivity contribution in [2.75, 3.05) is 6.54 Å². The molecule has 0 aliphatic carbocycles. The third-order valence-electron chi connectivity index (χ3n) is 2.27. The molecule has 0 fully saturated rings. The highest BCUT2D eigenvalue weighted by molar-refractivity contribution is 5.81. The van der Waals surface area contributed by atoms with Crippen molar-refractivity contribution in [3.63, 3.8) is 0 Å². The highest BCUT2D eigenvalue weighted by Gasteiger charge is 2.37. The molecule has 0 aliphatic heterocycles. The third-order valence-corrected chi connectivity index (χ3v) is 2.27. The van der Waals surface area contributed by atoms with Gasteiger partial charge in [-0.25, -0.2) is 0 Å². The number of amides is 1. The predicted octanol–water partition coefficient (Wildman–Crippen LogP) is 3.75. The number of nitrogens with one attached hydrogen (secondary N) is 1. The van der Waals surface area contributed by atoms with Gasteiger partial charge in [0.25, 0.3) is 0 Å². The lowest BCUT2D eigenvalue weighted by molar-refractivity contribution is -0.173. The van der Waals surface area contributed by atoms with Gasteiger partial charge in [-0.05, 0) is 40.0 Å². The number of carbonyl (C=O) groups is 1. The van der Waals surface area contributed by atoms with E-state index in [1.165, 1.54) is 5.57 Å². The molecule has 1 amide bonds. The normalized spacial score (nSPS) is 12.2. The molecule has 0 saturated carbocycles. The van der Waals surface area contributed by atoms with E-state index in [-0.39, 0.29) is 6.54 Å². The first-order valence-electron chi connectivity index (χ1n) is 5.87. The Labute approximate surface area is 106 Å². The van der Waals surface area contributed by atoms with Gasteiger partial charge in [-0.1, -0.05) is 23.3 Å². The van der Waals surface area contributed by atoms with Crippen molar-refractivity contribution in [2.45, 2.75) is 46.2 Å². The minimum Gasteiger partial charge on any atom is -0.348 e. The Hall–Kier alpha value is -1.26. The van der Waals surface area contributed by atoms with E-state index in [2.05, 4.69) is 6.08 Å². The Bertz CT molecular complexity index is 326. The SMILES string of the molecule is CC(C)=CCC/C(C)=C/CCNC(=O)C(F)(F)F. The molecule has 0 saturated heterocycles. The van der Waals surface area contributed by atoms with Crippen molar-refractivity contribution < 1.29 is 18.0 Å². The average Bonchev–Trinajstić information content (AvgIpc) is 2.22. The molecule has 5 heteroatoms. The van der Waals surface area contributed by atoms with Crippen LogP contribution in [0.25, 0.3) is 0 Å². The molecule has 2 nitrogen and oxygen atoms in total. The van der Waals surface area contributed by atoms with E-state index in [0.29, 0.717) is 6.42 Å². The van der Waals surface area contributed by atoms with Crippen molar-refractivity contribution >= 4 is 5.91 Å². The quantitative estimate of drug-likeness (QED) is 0.574. The molecule has 0 aliphatic rings. The highest BCUT2D eigenvalue weighted by Crippen LogP contribution is 2.14. The zero-order chi connectivity index (χ0) is 14.2. The van der Waals surface area contributed by atoms with E-state index in [0.717, 1.165) is 18.4 Å². The first-order chi connectivity index (χ1) is 8.23. The van der Waals surface area contributed by atoms with E-state index in [4.69, 9.17) is 0 Å². The van der Waals surface area contributed by atoms with Crippen molar-refractivity contribution in [1.82, 2.24) is 5.32 Å². The molecule has 0 aromatic rings. The average molecular weight is 263 g/mol. The van der Waals surface area contributed by atoms with Crippen LogP contribution in [0.2, 0.25) is 0 Å². The molecule has 0 atom stereocenters. The zero-order valence-corrected chi connectivity index (χ0v) is 11.0. The fourth-order valence-corrected chi connectivity index (χ4v) is 1.30. The number of halogens is 3. The molecular formula is C13H20F3NO. The second kappa shape index (κ2) is 7.95. The number of alkyl halides is 3. The van der Waals surface area contributed by atoms with Crippen molar-refractivity contribution in [3.05, 3.63) is 23.3 Å². The van der Waals surface area contributed by atoms with Crippen LogP contribution >= 0.6 is 0 Å². The lowest BCUT2D eigenvalue weighted by Gasteiger charge is -2.06. The van der Waals surface area contributed by atoms with E-state index >= 15 is 0 Å². The molecule has 1 N–H and O–H groups in total. The summed E-state index contributed by atoms with van der Waals surface area (Å²) in [7, 11) is 0. The first-order valence-corrected chi connectivity index (χ1v) is 5.87. The fourth-order valence-electron chi connectivity index (χ4n) is 1.30. The van der Waals surface area contributed by atoms with Crippen LogP contribution in [0.4, 0.5) is 13.2 Å². The van der Waals surface area contributed by atoms with Gasteiger partial charge in [0.15, 0.2) is 0 Å². The number of hydrogen-bond donors (Lipinski definition) is 1. The highest BCUT2D eigenvalue weighted by atomic mass is 19.4. The molecular weight excluding hydrogens is 243 g/mol. The summed E-state index contributed by atoms with van der Waals surface area (Å²) in [6.07, 6.45) is 1.42. The van der Waals surface area contributed by atoms with E-state index < -0.39 is 12.1 Å². The maximum absolute atomic E-state index is 11.8. The minimum atomic E-state index is -4.79. The van der Waals surface area contributed by atoms with Gasteiger partial charge < -0.3 is 5.32 Å². The molecule has 18 heavy (non-hydrogen) atoms.